The second kappa shape index (κ2) is 28.8. The first-order valence-electron chi connectivity index (χ1n) is 13.4. The minimum Gasteiger partial charge on any atom is -0.358 e. The van der Waals surface area contributed by atoms with Crippen LogP contribution in [0.25, 0.3) is 12.2 Å². The molecule has 0 bridgehead atoms. The summed E-state index contributed by atoms with van der Waals surface area (Å²) in [6.07, 6.45) is 6.86. The molecule has 3 heteroatoms. The summed E-state index contributed by atoms with van der Waals surface area (Å²) in [5.74, 6) is 0.0638. The topological polar surface area (TPSA) is 34.1 Å². The minimum absolute atomic E-state index is 0. The first-order chi connectivity index (χ1) is 18.7. The van der Waals surface area contributed by atoms with Crippen LogP contribution in [0.3, 0.4) is 0 Å². The molecule has 2 nitrogen and oxygen atoms in total. The van der Waals surface area contributed by atoms with Crippen molar-refractivity contribution in [2.75, 3.05) is 0 Å². The van der Waals surface area contributed by atoms with Gasteiger partial charge >= 0.3 is 0 Å². The summed E-state index contributed by atoms with van der Waals surface area (Å²) >= 11 is 0. The normalized spacial score (nSPS) is 8.85. The smallest absolute Gasteiger partial charge is 0.185 e. The Morgan fingerprint density at radius 1 is 0.425 bits per heavy atom. The fourth-order valence-corrected chi connectivity index (χ4v) is 2.87. The van der Waals surface area contributed by atoms with Crippen molar-refractivity contribution in [2.24, 2.45) is 0 Å². The van der Waals surface area contributed by atoms with Crippen molar-refractivity contribution < 1.29 is 42.3 Å². The van der Waals surface area contributed by atoms with E-state index in [2.05, 4.69) is 0 Å². The second-order valence-electron chi connectivity index (χ2n) is 6.95. The molecule has 0 unspecified atom stereocenters. The Balaban J connectivity index is -0.000000553. The van der Waals surface area contributed by atoms with Crippen molar-refractivity contribution >= 4 is 23.7 Å². The maximum Gasteiger partial charge on any atom is 0.185 e. The molecule has 0 atom stereocenters. The number of hydrogen-bond donors (Lipinski definition) is 0. The molecule has 1 radical (unpaired) electrons. The first kappa shape index (κ1) is 41.3. The summed E-state index contributed by atoms with van der Waals surface area (Å²) in [5.41, 5.74) is 3.50. The van der Waals surface area contributed by atoms with E-state index in [9.17, 15) is 9.59 Å². The SMILES string of the molecule is CC.CC.CC.O=C(/C=C/c1ccccc1)c1ccccc1.O=C(/C=C/c1ccccc1)c1ccccc1.[CH3-].[Y]. The molecule has 0 saturated carbocycles. The summed E-state index contributed by atoms with van der Waals surface area (Å²) in [4.78, 5) is 23.5. The number of rotatable bonds is 6. The minimum atomic E-state index is 0. The number of hydrogen-bond acceptors (Lipinski definition) is 2. The zero-order chi connectivity index (χ0) is 28.4. The van der Waals surface area contributed by atoms with Gasteiger partial charge in [-0.05, 0) is 23.3 Å². The van der Waals surface area contributed by atoms with Gasteiger partial charge < -0.3 is 7.43 Å². The average Bonchev–Trinajstić information content (AvgIpc) is 3.04. The van der Waals surface area contributed by atoms with Crippen LogP contribution in [0.15, 0.2) is 133 Å². The second-order valence-corrected chi connectivity index (χ2v) is 6.95. The Labute approximate surface area is 269 Å². The van der Waals surface area contributed by atoms with Crippen molar-refractivity contribution in [2.45, 2.75) is 41.5 Å². The molecule has 0 aromatic heterocycles. The van der Waals surface area contributed by atoms with Gasteiger partial charge in [0.05, 0.1) is 0 Å². The predicted molar refractivity (Wildman–Crippen MR) is 173 cm³/mol. The van der Waals surface area contributed by atoms with Crippen LogP contribution in [-0.2, 0) is 32.7 Å². The maximum absolute atomic E-state index is 11.7. The van der Waals surface area contributed by atoms with E-state index in [0.29, 0.717) is 0 Å². The Morgan fingerprint density at radius 3 is 0.900 bits per heavy atom. The average molecular weight is 611 g/mol. The van der Waals surface area contributed by atoms with Gasteiger partial charge in [-0.2, -0.15) is 0 Å². The Morgan fingerprint density at radius 2 is 0.650 bits per heavy atom. The molecular formula is C37H45O2Y-. The molecular weight excluding hydrogens is 565 g/mol. The number of ketones is 2. The molecule has 0 N–H and O–H groups in total. The van der Waals surface area contributed by atoms with Gasteiger partial charge in [0.2, 0.25) is 0 Å². The van der Waals surface area contributed by atoms with Crippen LogP contribution < -0.4 is 0 Å². The van der Waals surface area contributed by atoms with E-state index in [4.69, 9.17) is 0 Å². The van der Waals surface area contributed by atoms with Gasteiger partial charge in [0.25, 0.3) is 0 Å². The number of carbonyl (C=O) groups is 2. The van der Waals surface area contributed by atoms with Crippen LogP contribution in [0, 0.1) is 7.43 Å². The quantitative estimate of drug-likeness (QED) is 0.124. The molecule has 4 aromatic rings. The third kappa shape index (κ3) is 18.2. The van der Waals surface area contributed by atoms with Crippen LogP contribution in [0.2, 0.25) is 0 Å². The Hall–Kier alpha value is -3.20. The van der Waals surface area contributed by atoms with Crippen molar-refractivity contribution in [3.63, 3.8) is 0 Å². The largest absolute Gasteiger partial charge is 0.358 e. The van der Waals surface area contributed by atoms with Gasteiger partial charge in [-0.3, -0.25) is 9.59 Å². The van der Waals surface area contributed by atoms with Crippen molar-refractivity contribution in [3.8, 4) is 0 Å². The van der Waals surface area contributed by atoms with E-state index in [1.165, 1.54) is 0 Å². The zero-order valence-corrected chi connectivity index (χ0v) is 28.1. The van der Waals surface area contributed by atoms with Crippen LogP contribution in [0.4, 0.5) is 0 Å². The van der Waals surface area contributed by atoms with Crippen LogP contribution in [-0.4, -0.2) is 11.6 Å². The van der Waals surface area contributed by atoms with E-state index in [0.717, 1.165) is 22.3 Å². The van der Waals surface area contributed by atoms with Gasteiger partial charge in [0, 0.05) is 43.8 Å². The van der Waals surface area contributed by atoms with E-state index in [1.807, 2.05) is 175 Å². The predicted octanol–water partition coefficient (Wildman–Crippen LogP) is 10.7. The van der Waals surface area contributed by atoms with E-state index < -0.39 is 0 Å². The van der Waals surface area contributed by atoms with Gasteiger partial charge in [-0.1, -0.05) is 175 Å². The number of carbonyl (C=O) groups excluding carboxylic acids is 2. The van der Waals surface area contributed by atoms with Crippen LogP contribution in [0.1, 0.15) is 73.4 Å². The van der Waals surface area contributed by atoms with E-state index in [-0.39, 0.29) is 51.7 Å². The molecule has 0 aliphatic carbocycles. The zero-order valence-electron chi connectivity index (χ0n) is 25.3. The van der Waals surface area contributed by atoms with Crippen molar-refractivity contribution in [1.82, 2.24) is 0 Å². The molecule has 0 aliphatic rings. The molecule has 0 fully saturated rings. The maximum atomic E-state index is 11.7. The Kier molecular flexibility index (Phi) is 29.7. The third-order valence-electron chi connectivity index (χ3n) is 4.57. The number of allylic oxidation sites excluding steroid dienone is 2. The van der Waals surface area contributed by atoms with Crippen molar-refractivity contribution in [3.05, 3.63) is 163 Å². The molecule has 0 aliphatic heterocycles. The Bertz CT molecular complexity index is 1070. The number of benzene rings is 4. The molecule has 0 amide bonds. The fourth-order valence-electron chi connectivity index (χ4n) is 2.87. The molecule has 0 saturated heterocycles. The van der Waals surface area contributed by atoms with Gasteiger partial charge in [-0.15, -0.1) is 0 Å². The molecule has 40 heavy (non-hydrogen) atoms. The molecule has 4 aromatic carbocycles. The van der Waals surface area contributed by atoms with E-state index in [1.54, 1.807) is 12.2 Å². The summed E-state index contributed by atoms with van der Waals surface area (Å²) in [6.45, 7) is 12.0. The van der Waals surface area contributed by atoms with Gasteiger partial charge in [0.1, 0.15) is 0 Å². The summed E-state index contributed by atoms with van der Waals surface area (Å²) in [6, 6.07) is 38.1. The molecule has 4 rings (SSSR count). The standard InChI is InChI=1S/2C15H12O.3C2H6.CH3.Y/c2*16-15(14-9-5-2-6-10-14)12-11-13-7-3-1-4-8-13;3*1-2;;/h2*1-12H;3*1-2H3;1H3;/q;;;;;-1;/b2*12-11+;;;;;. The fraction of sp³-hybridized carbons (Fsp3) is 0.162. The van der Waals surface area contributed by atoms with E-state index >= 15 is 0 Å². The van der Waals surface area contributed by atoms with Crippen molar-refractivity contribution in [1.29, 1.82) is 0 Å². The summed E-state index contributed by atoms with van der Waals surface area (Å²) in [5, 5.41) is 0. The van der Waals surface area contributed by atoms with Gasteiger partial charge in [-0.25, -0.2) is 0 Å². The third-order valence-corrected chi connectivity index (χ3v) is 4.57. The monoisotopic (exact) mass is 610 g/mol. The summed E-state index contributed by atoms with van der Waals surface area (Å²) in [7, 11) is 0. The summed E-state index contributed by atoms with van der Waals surface area (Å²) < 4.78 is 0. The van der Waals surface area contributed by atoms with Crippen LogP contribution >= 0.6 is 0 Å². The molecule has 0 spiro atoms. The molecule has 0 heterocycles. The molecule has 209 valence electrons. The first-order valence-corrected chi connectivity index (χ1v) is 13.4. The van der Waals surface area contributed by atoms with Crippen LogP contribution in [0.5, 0.6) is 0 Å². The van der Waals surface area contributed by atoms with Gasteiger partial charge in [0.15, 0.2) is 11.6 Å².